The zero-order chi connectivity index (χ0) is 13.1. The van der Waals surface area contributed by atoms with E-state index >= 15 is 0 Å². The molecule has 0 aliphatic carbocycles. The lowest BCUT2D eigenvalue weighted by Gasteiger charge is -2.10. The van der Waals surface area contributed by atoms with Crippen LogP contribution >= 0.6 is 0 Å². The normalized spacial score (nSPS) is 10.1. The first-order valence-electron chi connectivity index (χ1n) is 5.52. The van der Waals surface area contributed by atoms with Crippen LogP contribution in [0.25, 0.3) is 10.9 Å². The number of carbonyl (C=O) groups excluding carboxylic acids is 1. The predicted octanol–water partition coefficient (Wildman–Crippen LogP) is 2.10. The topological polar surface area (TPSA) is 66.9 Å². The second-order valence-corrected chi connectivity index (χ2v) is 3.85. The van der Waals surface area contributed by atoms with Crippen LogP contribution in [-0.4, -0.2) is 22.9 Å². The van der Waals surface area contributed by atoms with Gasteiger partial charge in [-0.05, 0) is 30.7 Å². The number of anilines is 2. The Morgan fingerprint density at radius 3 is 2.83 bits per heavy atom. The van der Waals surface area contributed by atoms with Gasteiger partial charge in [0.25, 0.3) is 0 Å². The third-order valence-corrected chi connectivity index (χ3v) is 2.66. The molecule has 5 heteroatoms. The molecule has 0 saturated heterocycles. The lowest BCUT2D eigenvalue weighted by Crippen LogP contribution is -2.08. The molecule has 18 heavy (non-hydrogen) atoms. The predicted molar refractivity (Wildman–Crippen MR) is 72.6 cm³/mol. The first-order chi connectivity index (χ1) is 8.65. The number of amides is 1. The monoisotopic (exact) mass is 242 g/mol. The van der Waals surface area contributed by atoms with Gasteiger partial charge in [-0.25, -0.2) is 9.97 Å². The van der Waals surface area contributed by atoms with Crippen molar-refractivity contribution in [1.82, 2.24) is 9.97 Å². The van der Waals surface area contributed by atoms with E-state index in [4.69, 9.17) is 0 Å². The molecule has 0 saturated carbocycles. The van der Waals surface area contributed by atoms with Gasteiger partial charge in [-0.2, -0.15) is 0 Å². The van der Waals surface area contributed by atoms with Gasteiger partial charge in [0.1, 0.15) is 12.1 Å². The van der Waals surface area contributed by atoms with Gasteiger partial charge in [0.15, 0.2) is 0 Å². The highest BCUT2D eigenvalue weighted by Crippen LogP contribution is 2.25. The first kappa shape index (κ1) is 12.0. The fourth-order valence-corrected chi connectivity index (χ4v) is 1.73. The lowest BCUT2D eigenvalue weighted by molar-refractivity contribution is -0.111. The number of aryl methyl sites for hydroxylation is 1. The van der Waals surface area contributed by atoms with E-state index in [0.717, 1.165) is 28.0 Å². The van der Waals surface area contributed by atoms with Gasteiger partial charge in [-0.1, -0.05) is 6.58 Å². The number of nitrogens with one attached hydrogen (secondary N) is 2. The molecular formula is C13H14N4O. The summed E-state index contributed by atoms with van der Waals surface area (Å²) in [6.07, 6.45) is 2.73. The molecule has 2 N–H and O–H groups in total. The second kappa shape index (κ2) is 4.83. The SMILES string of the molecule is C=CC(=O)Nc1cc2ncnc(NC)c2cc1C. The van der Waals surface area contributed by atoms with Crippen molar-refractivity contribution in [2.45, 2.75) is 6.92 Å². The van der Waals surface area contributed by atoms with E-state index in [0.29, 0.717) is 0 Å². The standard InChI is InChI=1S/C13H14N4O/c1-4-12(18)17-10-6-11-9(5-8(10)2)13(14-3)16-7-15-11/h4-7H,1H2,2-3H3,(H,17,18)(H,14,15,16). The van der Waals surface area contributed by atoms with E-state index in [1.807, 2.05) is 26.1 Å². The number of benzene rings is 1. The first-order valence-corrected chi connectivity index (χ1v) is 5.52. The van der Waals surface area contributed by atoms with Crippen LogP contribution in [-0.2, 0) is 4.79 Å². The molecule has 5 nitrogen and oxygen atoms in total. The average Bonchev–Trinajstić information content (AvgIpc) is 2.38. The van der Waals surface area contributed by atoms with Crippen LogP contribution in [0.5, 0.6) is 0 Å². The summed E-state index contributed by atoms with van der Waals surface area (Å²) < 4.78 is 0. The summed E-state index contributed by atoms with van der Waals surface area (Å²) in [4.78, 5) is 19.7. The molecule has 1 heterocycles. The van der Waals surface area contributed by atoms with Crippen LogP contribution in [0, 0.1) is 6.92 Å². The van der Waals surface area contributed by atoms with Crippen LogP contribution in [0.15, 0.2) is 31.1 Å². The summed E-state index contributed by atoms with van der Waals surface area (Å²) in [6, 6.07) is 3.77. The summed E-state index contributed by atoms with van der Waals surface area (Å²) in [6.45, 7) is 5.35. The number of aromatic nitrogens is 2. The van der Waals surface area contributed by atoms with Crippen LogP contribution < -0.4 is 10.6 Å². The molecule has 1 aromatic heterocycles. The van der Waals surface area contributed by atoms with Crippen LogP contribution in [0.4, 0.5) is 11.5 Å². The highest BCUT2D eigenvalue weighted by atomic mass is 16.1. The zero-order valence-corrected chi connectivity index (χ0v) is 10.3. The van der Waals surface area contributed by atoms with Gasteiger partial charge in [0, 0.05) is 18.1 Å². The van der Waals surface area contributed by atoms with E-state index < -0.39 is 0 Å². The second-order valence-electron chi connectivity index (χ2n) is 3.85. The van der Waals surface area contributed by atoms with Gasteiger partial charge in [0.05, 0.1) is 5.52 Å². The quantitative estimate of drug-likeness (QED) is 0.809. The summed E-state index contributed by atoms with van der Waals surface area (Å²) in [5, 5.41) is 6.69. The molecular weight excluding hydrogens is 228 g/mol. The van der Waals surface area contributed by atoms with Crippen LogP contribution in [0.3, 0.4) is 0 Å². The number of carbonyl (C=O) groups is 1. The molecule has 0 radical (unpaired) electrons. The van der Waals surface area contributed by atoms with Crippen molar-refractivity contribution in [2.24, 2.45) is 0 Å². The maximum absolute atomic E-state index is 11.3. The maximum atomic E-state index is 11.3. The van der Waals surface area contributed by atoms with Crippen LogP contribution in [0.1, 0.15) is 5.56 Å². The highest BCUT2D eigenvalue weighted by Gasteiger charge is 2.07. The zero-order valence-electron chi connectivity index (χ0n) is 10.3. The van der Waals surface area contributed by atoms with Gasteiger partial charge >= 0.3 is 0 Å². The van der Waals surface area contributed by atoms with Gasteiger partial charge in [-0.15, -0.1) is 0 Å². The van der Waals surface area contributed by atoms with Crippen molar-refractivity contribution >= 4 is 28.3 Å². The fraction of sp³-hybridized carbons (Fsp3) is 0.154. The Morgan fingerprint density at radius 2 is 2.17 bits per heavy atom. The number of hydrogen-bond donors (Lipinski definition) is 2. The molecule has 0 aliphatic heterocycles. The third-order valence-electron chi connectivity index (χ3n) is 2.66. The van der Waals surface area contributed by atoms with Gasteiger partial charge in [0.2, 0.25) is 5.91 Å². The molecule has 0 spiro atoms. The summed E-state index contributed by atoms with van der Waals surface area (Å²) in [5.74, 6) is 0.532. The number of nitrogens with zero attached hydrogens (tertiary/aromatic N) is 2. The Kier molecular flexibility index (Phi) is 3.23. The highest BCUT2D eigenvalue weighted by molar-refractivity contribution is 6.01. The Morgan fingerprint density at radius 1 is 1.39 bits per heavy atom. The Bertz CT molecular complexity index is 622. The Labute approximate surface area is 105 Å². The molecule has 2 rings (SSSR count). The Balaban J connectivity index is 2.55. The van der Waals surface area contributed by atoms with Crippen molar-refractivity contribution in [3.63, 3.8) is 0 Å². The van der Waals surface area contributed by atoms with E-state index in [-0.39, 0.29) is 5.91 Å². The molecule has 1 aromatic carbocycles. The third kappa shape index (κ3) is 2.15. The maximum Gasteiger partial charge on any atom is 0.247 e. The largest absolute Gasteiger partial charge is 0.373 e. The fourth-order valence-electron chi connectivity index (χ4n) is 1.73. The molecule has 1 amide bonds. The van der Waals surface area contributed by atoms with Crippen molar-refractivity contribution in [3.05, 3.63) is 36.7 Å². The molecule has 92 valence electrons. The minimum absolute atomic E-state index is 0.236. The average molecular weight is 242 g/mol. The minimum Gasteiger partial charge on any atom is -0.373 e. The number of hydrogen-bond acceptors (Lipinski definition) is 4. The molecule has 0 bridgehead atoms. The van der Waals surface area contributed by atoms with Crippen molar-refractivity contribution in [2.75, 3.05) is 17.7 Å². The van der Waals surface area contributed by atoms with Gasteiger partial charge < -0.3 is 10.6 Å². The summed E-state index contributed by atoms with van der Waals surface area (Å²) in [5.41, 5.74) is 2.46. The van der Waals surface area contributed by atoms with E-state index in [2.05, 4.69) is 27.2 Å². The number of fused-ring (bicyclic) bond motifs is 1. The summed E-state index contributed by atoms with van der Waals surface area (Å²) >= 11 is 0. The lowest BCUT2D eigenvalue weighted by atomic mass is 10.1. The Hall–Kier alpha value is -2.43. The van der Waals surface area contributed by atoms with Crippen LogP contribution in [0.2, 0.25) is 0 Å². The molecule has 0 fully saturated rings. The van der Waals surface area contributed by atoms with Gasteiger partial charge in [-0.3, -0.25) is 4.79 Å². The van der Waals surface area contributed by atoms with Crippen molar-refractivity contribution < 1.29 is 4.79 Å². The van der Waals surface area contributed by atoms with Crippen molar-refractivity contribution in [3.8, 4) is 0 Å². The molecule has 0 aliphatic rings. The van der Waals surface area contributed by atoms with E-state index in [1.54, 1.807) is 0 Å². The molecule has 0 unspecified atom stereocenters. The van der Waals surface area contributed by atoms with Crippen molar-refractivity contribution in [1.29, 1.82) is 0 Å². The van der Waals surface area contributed by atoms with E-state index in [1.165, 1.54) is 12.4 Å². The number of rotatable bonds is 3. The van der Waals surface area contributed by atoms with E-state index in [9.17, 15) is 4.79 Å². The molecule has 2 aromatic rings. The molecule has 0 atom stereocenters. The summed E-state index contributed by atoms with van der Waals surface area (Å²) in [7, 11) is 1.81. The minimum atomic E-state index is -0.236. The smallest absolute Gasteiger partial charge is 0.247 e.